The quantitative estimate of drug-likeness (QED) is 0.176. The molecule has 5 aromatic carbocycles. The average Bonchev–Trinajstić information content (AvgIpc) is 3.82. The molecule has 0 aliphatic heterocycles. The van der Waals surface area contributed by atoms with Gasteiger partial charge in [0.25, 0.3) is 0 Å². The van der Waals surface area contributed by atoms with Gasteiger partial charge in [-0.25, -0.2) is 9.97 Å². The highest BCUT2D eigenvalue weighted by Gasteiger charge is 2.18. The summed E-state index contributed by atoms with van der Waals surface area (Å²) in [5.41, 5.74) is 12.1. The molecule has 0 saturated carbocycles. The molecule has 0 saturated heterocycles. The SMILES string of the molecule is c1ccc(-c2cc3ccc4c(c5ccccc5n4-c4ccc(-c5cc(-c6ccc(-c7ccncc7)cc6)nc(-c6ccncc6)n5)cc4)c3o2)cc1. The molecule has 10 aromatic rings. The van der Waals surface area contributed by atoms with E-state index in [0.29, 0.717) is 5.82 Å². The number of nitrogens with zero attached hydrogens (tertiary/aromatic N) is 5. The molecule has 0 bridgehead atoms. The first-order chi connectivity index (χ1) is 25.8. The zero-order chi connectivity index (χ0) is 34.4. The van der Waals surface area contributed by atoms with Crippen LogP contribution in [0, 0.1) is 0 Å². The number of hydrogen-bond acceptors (Lipinski definition) is 5. The Morgan fingerprint density at radius 1 is 0.442 bits per heavy atom. The van der Waals surface area contributed by atoms with Gasteiger partial charge < -0.3 is 8.98 Å². The normalized spacial score (nSPS) is 11.5. The first-order valence-corrected chi connectivity index (χ1v) is 17.2. The van der Waals surface area contributed by atoms with Gasteiger partial charge in [0.1, 0.15) is 11.3 Å². The van der Waals surface area contributed by atoms with Crippen LogP contribution in [0.1, 0.15) is 0 Å². The molecule has 6 heteroatoms. The third kappa shape index (κ3) is 5.13. The van der Waals surface area contributed by atoms with Crippen LogP contribution in [0.15, 0.2) is 181 Å². The summed E-state index contributed by atoms with van der Waals surface area (Å²) in [4.78, 5) is 18.4. The van der Waals surface area contributed by atoms with Crippen LogP contribution < -0.4 is 0 Å². The highest BCUT2D eigenvalue weighted by molar-refractivity contribution is 6.20. The zero-order valence-corrected chi connectivity index (χ0v) is 27.9. The van der Waals surface area contributed by atoms with Crippen molar-refractivity contribution in [2.45, 2.75) is 0 Å². The minimum atomic E-state index is 0.650. The Morgan fingerprint density at radius 2 is 1.04 bits per heavy atom. The lowest BCUT2D eigenvalue weighted by molar-refractivity contribution is 0.635. The summed E-state index contributed by atoms with van der Waals surface area (Å²) in [6.07, 6.45) is 7.17. The Bertz CT molecular complexity index is 2860. The average molecular weight is 668 g/mol. The van der Waals surface area contributed by atoms with Crippen LogP contribution in [0.5, 0.6) is 0 Å². The van der Waals surface area contributed by atoms with Crippen LogP contribution in [0.25, 0.3) is 94.8 Å². The topological polar surface area (TPSA) is 69.6 Å². The van der Waals surface area contributed by atoms with E-state index in [0.717, 1.165) is 89.0 Å². The van der Waals surface area contributed by atoms with Crippen LogP contribution in [-0.4, -0.2) is 24.5 Å². The smallest absolute Gasteiger partial charge is 0.160 e. The molecule has 0 aliphatic carbocycles. The molecule has 0 fully saturated rings. The lowest BCUT2D eigenvalue weighted by atomic mass is 10.0. The number of aromatic nitrogens is 5. The lowest BCUT2D eigenvalue weighted by Gasteiger charge is -2.12. The van der Waals surface area contributed by atoms with E-state index < -0.39 is 0 Å². The molecule has 10 rings (SSSR count). The van der Waals surface area contributed by atoms with Crippen molar-refractivity contribution in [3.8, 4) is 62.0 Å². The second kappa shape index (κ2) is 12.3. The van der Waals surface area contributed by atoms with Crippen molar-refractivity contribution in [2.75, 3.05) is 0 Å². The second-order valence-corrected chi connectivity index (χ2v) is 12.8. The van der Waals surface area contributed by atoms with Crippen LogP contribution in [0.2, 0.25) is 0 Å². The van der Waals surface area contributed by atoms with E-state index >= 15 is 0 Å². The van der Waals surface area contributed by atoms with Crippen LogP contribution in [-0.2, 0) is 0 Å². The van der Waals surface area contributed by atoms with Crippen LogP contribution in [0.4, 0.5) is 0 Å². The molecule has 52 heavy (non-hydrogen) atoms. The van der Waals surface area contributed by atoms with Gasteiger partial charge in [0.2, 0.25) is 0 Å². The predicted octanol–water partition coefficient (Wildman–Crippen LogP) is 11.4. The molecule has 0 unspecified atom stereocenters. The number of fused-ring (bicyclic) bond motifs is 5. The van der Waals surface area contributed by atoms with Crippen molar-refractivity contribution in [3.05, 3.63) is 176 Å². The van der Waals surface area contributed by atoms with Crippen LogP contribution in [0.3, 0.4) is 0 Å². The molecule has 5 aromatic heterocycles. The Labute approximate surface area is 299 Å². The van der Waals surface area contributed by atoms with Gasteiger partial charge in [-0.1, -0.05) is 84.9 Å². The van der Waals surface area contributed by atoms with Gasteiger partial charge in [-0.2, -0.15) is 0 Å². The van der Waals surface area contributed by atoms with E-state index in [1.165, 1.54) is 0 Å². The molecule has 244 valence electrons. The second-order valence-electron chi connectivity index (χ2n) is 12.8. The maximum absolute atomic E-state index is 6.59. The maximum atomic E-state index is 6.59. The van der Waals surface area contributed by atoms with Gasteiger partial charge in [-0.05, 0) is 77.9 Å². The lowest BCUT2D eigenvalue weighted by Crippen LogP contribution is -1.97. The number of furan rings is 1. The fourth-order valence-corrected chi connectivity index (χ4v) is 7.10. The highest BCUT2D eigenvalue weighted by Crippen LogP contribution is 2.40. The van der Waals surface area contributed by atoms with Crippen molar-refractivity contribution < 1.29 is 4.42 Å². The van der Waals surface area contributed by atoms with Crippen molar-refractivity contribution >= 4 is 32.8 Å². The summed E-state index contributed by atoms with van der Waals surface area (Å²) in [6, 6.07) is 52.4. The minimum Gasteiger partial charge on any atom is -0.455 e. The first-order valence-electron chi connectivity index (χ1n) is 17.2. The Morgan fingerprint density at radius 3 is 1.75 bits per heavy atom. The third-order valence-corrected chi connectivity index (χ3v) is 9.66. The molecule has 0 aliphatic rings. The molecule has 6 nitrogen and oxygen atoms in total. The molecular formula is C46H29N5O. The number of hydrogen-bond donors (Lipinski definition) is 0. The molecule has 0 N–H and O–H groups in total. The predicted molar refractivity (Wildman–Crippen MR) is 209 cm³/mol. The van der Waals surface area contributed by atoms with Gasteiger partial charge in [0, 0.05) is 63.5 Å². The number of pyridine rings is 2. The van der Waals surface area contributed by atoms with Gasteiger partial charge >= 0.3 is 0 Å². The summed E-state index contributed by atoms with van der Waals surface area (Å²) in [6.45, 7) is 0. The largest absolute Gasteiger partial charge is 0.455 e. The van der Waals surface area contributed by atoms with Crippen molar-refractivity contribution in [1.82, 2.24) is 24.5 Å². The number of benzene rings is 5. The van der Waals surface area contributed by atoms with Crippen molar-refractivity contribution in [3.63, 3.8) is 0 Å². The number of para-hydroxylation sites is 1. The summed E-state index contributed by atoms with van der Waals surface area (Å²) < 4.78 is 8.91. The Hall–Kier alpha value is -7.18. The van der Waals surface area contributed by atoms with Gasteiger partial charge in [0.05, 0.1) is 27.8 Å². The minimum absolute atomic E-state index is 0.650. The molecule has 5 heterocycles. The summed E-state index contributed by atoms with van der Waals surface area (Å²) in [5.74, 6) is 1.52. The summed E-state index contributed by atoms with van der Waals surface area (Å²) in [5, 5.41) is 3.34. The molecule has 0 radical (unpaired) electrons. The van der Waals surface area contributed by atoms with Gasteiger partial charge in [-0.3, -0.25) is 9.97 Å². The van der Waals surface area contributed by atoms with Crippen LogP contribution >= 0.6 is 0 Å². The van der Waals surface area contributed by atoms with E-state index in [4.69, 9.17) is 14.4 Å². The molecule has 0 amide bonds. The maximum Gasteiger partial charge on any atom is 0.160 e. The van der Waals surface area contributed by atoms with Crippen molar-refractivity contribution in [1.29, 1.82) is 0 Å². The standard InChI is InChI=1S/C46H29N5O/c1-2-6-34(7-3-1)43-28-36-16-19-42-44(45(36)52-43)38-8-4-5-9-41(38)51(42)37-17-14-33(15-18-37)40-29-39(49-46(50-40)35-22-26-48-27-23-35)32-12-10-30(11-13-32)31-20-24-47-25-21-31/h1-29H. The Balaban J connectivity index is 1.07. The number of rotatable bonds is 6. The van der Waals surface area contributed by atoms with Gasteiger partial charge in [-0.15, -0.1) is 0 Å². The van der Waals surface area contributed by atoms with Crippen molar-refractivity contribution in [2.24, 2.45) is 0 Å². The summed E-state index contributed by atoms with van der Waals surface area (Å²) >= 11 is 0. The van der Waals surface area contributed by atoms with E-state index in [1.807, 2.05) is 54.9 Å². The molecular weight excluding hydrogens is 639 g/mol. The highest BCUT2D eigenvalue weighted by atomic mass is 16.3. The fraction of sp³-hybridized carbons (Fsp3) is 0. The fourth-order valence-electron chi connectivity index (χ4n) is 7.10. The molecule has 0 spiro atoms. The van der Waals surface area contributed by atoms with E-state index in [1.54, 1.807) is 12.4 Å². The van der Waals surface area contributed by atoms with E-state index in [-0.39, 0.29) is 0 Å². The Kier molecular flexibility index (Phi) is 7.03. The summed E-state index contributed by atoms with van der Waals surface area (Å²) in [7, 11) is 0. The van der Waals surface area contributed by atoms with E-state index in [2.05, 4.69) is 124 Å². The zero-order valence-electron chi connectivity index (χ0n) is 27.9. The third-order valence-electron chi connectivity index (χ3n) is 9.66. The molecule has 0 atom stereocenters. The van der Waals surface area contributed by atoms with E-state index in [9.17, 15) is 0 Å². The monoisotopic (exact) mass is 667 g/mol. The van der Waals surface area contributed by atoms with Gasteiger partial charge in [0.15, 0.2) is 5.82 Å². The first kappa shape index (κ1) is 29.7.